The minimum Gasteiger partial charge on any atom is -0.508 e. The van der Waals surface area contributed by atoms with Gasteiger partial charge in [0, 0.05) is 0 Å². The Hall–Kier alpha value is -2.95. The summed E-state index contributed by atoms with van der Waals surface area (Å²) in [5, 5.41) is 26.1. The smallest absolute Gasteiger partial charge is 0.339 e. The number of rotatable bonds is 4. The second-order valence-corrected chi connectivity index (χ2v) is 3.92. The van der Waals surface area contributed by atoms with Crippen molar-refractivity contribution in [2.24, 2.45) is 0 Å². The molecule has 0 saturated carbocycles. The second-order valence-electron chi connectivity index (χ2n) is 3.92. The number of carboxylic acids is 1. The highest BCUT2D eigenvalue weighted by molar-refractivity contribution is 5.90. The highest BCUT2D eigenvalue weighted by atomic mass is 16.5. The van der Waals surface area contributed by atoms with E-state index in [-0.39, 0.29) is 17.1 Å². The maximum atomic E-state index is 10.7. The fourth-order valence-electron chi connectivity index (χ4n) is 1.37. The molecule has 0 fully saturated rings. The minimum absolute atomic E-state index is 0.169. The standard InChI is InChI=1S/C10H10O3.C6H6O2/c1-2-7-13-9-6-4-3-5-8(9)10(11)12;7-5-1-2-6(8)4-3-5/h2-6H,1,7H2,(H,11,12);1-4,7-8H. The number of carboxylic acid groups (broad SMARTS) is 1. The van der Waals surface area contributed by atoms with E-state index in [0.29, 0.717) is 12.4 Å². The van der Waals surface area contributed by atoms with E-state index >= 15 is 0 Å². The van der Waals surface area contributed by atoms with E-state index in [1.807, 2.05) is 0 Å². The summed E-state index contributed by atoms with van der Waals surface area (Å²) in [6, 6.07) is 12.2. The summed E-state index contributed by atoms with van der Waals surface area (Å²) >= 11 is 0. The maximum absolute atomic E-state index is 10.7. The first-order chi connectivity index (χ1) is 10.0. The van der Waals surface area contributed by atoms with Crippen molar-refractivity contribution in [3.63, 3.8) is 0 Å². The van der Waals surface area contributed by atoms with Crippen molar-refractivity contribution in [2.75, 3.05) is 6.61 Å². The van der Waals surface area contributed by atoms with E-state index in [1.165, 1.54) is 30.3 Å². The summed E-state index contributed by atoms with van der Waals surface area (Å²) in [6.45, 7) is 3.79. The van der Waals surface area contributed by atoms with E-state index in [2.05, 4.69) is 6.58 Å². The molecule has 0 radical (unpaired) electrons. The number of phenols is 2. The van der Waals surface area contributed by atoms with Gasteiger partial charge in [-0.3, -0.25) is 0 Å². The molecular weight excluding hydrogens is 272 g/mol. The van der Waals surface area contributed by atoms with Crippen molar-refractivity contribution in [3.05, 3.63) is 66.7 Å². The molecular formula is C16H16O5. The highest BCUT2D eigenvalue weighted by Crippen LogP contribution is 2.17. The first-order valence-corrected chi connectivity index (χ1v) is 6.08. The average Bonchev–Trinajstić information content (AvgIpc) is 2.49. The van der Waals surface area contributed by atoms with Crippen LogP contribution in [0.4, 0.5) is 0 Å². The minimum atomic E-state index is -0.986. The lowest BCUT2D eigenvalue weighted by atomic mass is 10.2. The first-order valence-electron chi connectivity index (χ1n) is 6.08. The summed E-state index contributed by atoms with van der Waals surface area (Å²) in [4.78, 5) is 10.7. The highest BCUT2D eigenvalue weighted by Gasteiger charge is 2.08. The molecule has 0 aliphatic carbocycles. The van der Waals surface area contributed by atoms with Crippen LogP contribution in [-0.2, 0) is 0 Å². The van der Waals surface area contributed by atoms with Crippen LogP contribution in [0.1, 0.15) is 10.4 Å². The summed E-state index contributed by atoms with van der Waals surface area (Å²) in [5.41, 5.74) is 0.171. The molecule has 110 valence electrons. The lowest BCUT2D eigenvalue weighted by Gasteiger charge is -2.05. The van der Waals surface area contributed by atoms with Crippen molar-refractivity contribution in [3.8, 4) is 17.2 Å². The molecule has 0 saturated heterocycles. The molecule has 2 aromatic carbocycles. The van der Waals surface area contributed by atoms with Gasteiger partial charge >= 0.3 is 5.97 Å². The number of aromatic carboxylic acids is 1. The summed E-state index contributed by atoms with van der Waals surface area (Å²) in [5.74, 6) is -0.278. The molecule has 0 heterocycles. The van der Waals surface area contributed by atoms with Gasteiger partial charge in [-0.05, 0) is 36.4 Å². The zero-order valence-electron chi connectivity index (χ0n) is 11.3. The zero-order chi connectivity index (χ0) is 15.7. The van der Waals surface area contributed by atoms with Gasteiger partial charge in [-0.25, -0.2) is 4.79 Å². The van der Waals surface area contributed by atoms with Gasteiger partial charge in [0.2, 0.25) is 0 Å². The number of phenolic OH excluding ortho intramolecular Hbond substituents is 2. The Labute approximate surface area is 122 Å². The van der Waals surface area contributed by atoms with Crippen LogP contribution >= 0.6 is 0 Å². The third kappa shape index (κ3) is 5.69. The number of aromatic hydroxyl groups is 2. The van der Waals surface area contributed by atoms with Crippen molar-refractivity contribution in [1.82, 2.24) is 0 Å². The largest absolute Gasteiger partial charge is 0.508 e. The van der Waals surface area contributed by atoms with Crippen LogP contribution in [0, 0.1) is 0 Å². The molecule has 0 aromatic heterocycles. The molecule has 5 heteroatoms. The molecule has 5 nitrogen and oxygen atoms in total. The predicted octanol–water partition coefficient (Wildman–Crippen LogP) is 3.05. The van der Waals surface area contributed by atoms with Gasteiger partial charge in [0.05, 0.1) is 0 Å². The predicted molar refractivity (Wildman–Crippen MR) is 78.9 cm³/mol. The van der Waals surface area contributed by atoms with Gasteiger partial charge in [-0.1, -0.05) is 24.8 Å². The van der Waals surface area contributed by atoms with Crippen LogP contribution in [0.15, 0.2) is 61.2 Å². The van der Waals surface area contributed by atoms with Gasteiger partial charge in [0.1, 0.15) is 29.4 Å². The average molecular weight is 288 g/mol. The Morgan fingerprint density at radius 1 is 1.05 bits per heavy atom. The number of hydrogen-bond acceptors (Lipinski definition) is 4. The Morgan fingerprint density at radius 2 is 1.57 bits per heavy atom. The molecule has 0 unspecified atom stereocenters. The lowest BCUT2D eigenvalue weighted by Crippen LogP contribution is -2.02. The van der Waals surface area contributed by atoms with Crippen LogP contribution in [0.25, 0.3) is 0 Å². The molecule has 2 aromatic rings. The maximum Gasteiger partial charge on any atom is 0.339 e. The Morgan fingerprint density at radius 3 is 2.05 bits per heavy atom. The van der Waals surface area contributed by atoms with E-state index in [0.717, 1.165) is 0 Å². The fraction of sp³-hybridized carbons (Fsp3) is 0.0625. The monoisotopic (exact) mass is 288 g/mol. The molecule has 2 rings (SSSR count). The van der Waals surface area contributed by atoms with Crippen LogP contribution in [0.3, 0.4) is 0 Å². The summed E-state index contributed by atoms with van der Waals surface area (Å²) in [6.07, 6.45) is 1.57. The van der Waals surface area contributed by atoms with Crippen molar-refractivity contribution in [1.29, 1.82) is 0 Å². The quantitative estimate of drug-likeness (QED) is 0.594. The molecule has 0 aliphatic heterocycles. The van der Waals surface area contributed by atoms with Crippen molar-refractivity contribution < 1.29 is 24.9 Å². The molecule has 0 aliphatic rings. The van der Waals surface area contributed by atoms with E-state index in [9.17, 15) is 4.79 Å². The van der Waals surface area contributed by atoms with Gasteiger partial charge < -0.3 is 20.1 Å². The summed E-state index contributed by atoms with van der Waals surface area (Å²) in [7, 11) is 0. The molecule has 3 N–H and O–H groups in total. The fourth-order valence-corrected chi connectivity index (χ4v) is 1.37. The third-order valence-electron chi connectivity index (χ3n) is 2.32. The van der Waals surface area contributed by atoms with Crippen LogP contribution in [-0.4, -0.2) is 27.9 Å². The first kappa shape index (κ1) is 16.1. The van der Waals surface area contributed by atoms with Crippen molar-refractivity contribution >= 4 is 5.97 Å². The van der Waals surface area contributed by atoms with Gasteiger partial charge in [0.15, 0.2) is 0 Å². The van der Waals surface area contributed by atoms with Crippen LogP contribution < -0.4 is 4.74 Å². The van der Waals surface area contributed by atoms with E-state index in [1.54, 1.807) is 24.3 Å². The van der Waals surface area contributed by atoms with Crippen LogP contribution in [0.5, 0.6) is 17.2 Å². The number of hydrogen-bond donors (Lipinski definition) is 3. The molecule has 0 amide bonds. The Balaban J connectivity index is 0.000000235. The zero-order valence-corrected chi connectivity index (χ0v) is 11.3. The van der Waals surface area contributed by atoms with Gasteiger partial charge in [-0.15, -0.1) is 0 Å². The molecule has 0 spiro atoms. The molecule has 21 heavy (non-hydrogen) atoms. The topological polar surface area (TPSA) is 87.0 Å². The van der Waals surface area contributed by atoms with E-state index in [4.69, 9.17) is 20.1 Å². The Kier molecular flexibility index (Phi) is 6.34. The van der Waals surface area contributed by atoms with Crippen molar-refractivity contribution in [2.45, 2.75) is 0 Å². The number of benzene rings is 2. The summed E-state index contributed by atoms with van der Waals surface area (Å²) < 4.78 is 5.15. The van der Waals surface area contributed by atoms with E-state index < -0.39 is 5.97 Å². The normalized spacial score (nSPS) is 9.14. The number of para-hydroxylation sites is 1. The van der Waals surface area contributed by atoms with Crippen LogP contribution in [0.2, 0.25) is 0 Å². The molecule has 0 atom stereocenters. The third-order valence-corrected chi connectivity index (χ3v) is 2.32. The SMILES string of the molecule is C=CCOc1ccccc1C(=O)O.Oc1ccc(O)cc1. The van der Waals surface area contributed by atoms with Gasteiger partial charge in [0.25, 0.3) is 0 Å². The lowest BCUT2D eigenvalue weighted by molar-refractivity contribution is 0.0693. The number of carbonyl (C=O) groups is 1. The molecule has 0 bridgehead atoms. The van der Waals surface area contributed by atoms with Gasteiger partial charge in [-0.2, -0.15) is 0 Å². The second kappa shape index (κ2) is 8.27. The Bertz CT molecular complexity index is 569. The number of ether oxygens (including phenoxy) is 1.